The number of carbonyl (C=O) groups excluding carboxylic acids is 2. The molecule has 2 aromatic rings. The van der Waals surface area contributed by atoms with Crippen molar-refractivity contribution < 1.29 is 19.1 Å². The Kier molecular flexibility index (Phi) is 6.37. The summed E-state index contributed by atoms with van der Waals surface area (Å²) in [6.07, 6.45) is 0.666. The van der Waals surface area contributed by atoms with Gasteiger partial charge in [-0.05, 0) is 36.8 Å². The molecule has 0 aliphatic rings. The summed E-state index contributed by atoms with van der Waals surface area (Å²) in [6.45, 7) is 1.71. The van der Waals surface area contributed by atoms with E-state index in [4.69, 9.17) is 9.47 Å². The quantitative estimate of drug-likeness (QED) is 0.733. The molecule has 0 spiro atoms. The topological polar surface area (TPSA) is 64.6 Å². The Morgan fingerprint density at radius 1 is 1.29 bits per heavy atom. The highest BCUT2D eigenvalue weighted by Gasteiger charge is 2.13. The van der Waals surface area contributed by atoms with E-state index < -0.39 is 0 Å². The van der Waals surface area contributed by atoms with Gasteiger partial charge in [-0.25, -0.2) is 0 Å². The van der Waals surface area contributed by atoms with Crippen molar-refractivity contribution in [1.82, 2.24) is 5.32 Å². The number of methoxy groups -OCH3 is 1. The number of amides is 1. The maximum Gasteiger partial charge on any atom is 0.258 e. The molecule has 2 aromatic carbocycles. The molecule has 0 heterocycles. The van der Waals surface area contributed by atoms with Crippen LogP contribution in [0.4, 0.5) is 0 Å². The van der Waals surface area contributed by atoms with Crippen molar-refractivity contribution in [3.8, 4) is 11.5 Å². The monoisotopic (exact) mass is 391 g/mol. The molecule has 1 amide bonds. The van der Waals surface area contributed by atoms with Gasteiger partial charge in [-0.3, -0.25) is 9.59 Å². The number of rotatable bonds is 7. The van der Waals surface area contributed by atoms with Crippen LogP contribution in [0.15, 0.2) is 46.9 Å². The van der Waals surface area contributed by atoms with Crippen molar-refractivity contribution in [1.29, 1.82) is 0 Å². The van der Waals surface area contributed by atoms with Crippen LogP contribution in [0.1, 0.15) is 28.9 Å². The van der Waals surface area contributed by atoms with E-state index in [9.17, 15) is 9.59 Å². The van der Waals surface area contributed by atoms with Gasteiger partial charge in [0.15, 0.2) is 12.9 Å². The van der Waals surface area contributed by atoms with Gasteiger partial charge in [0, 0.05) is 4.47 Å². The van der Waals surface area contributed by atoms with Crippen molar-refractivity contribution in [2.24, 2.45) is 0 Å². The summed E-state index contributed by atoms with van der Waals surface area (Å²) in [5, 5.41) is 2.86. The Morgan fingerprint density at radius 3 is 2.71 bits per heavy atom. The maximum absolute atomic E-state index is 12.1. The van der Waals surface area contributed by atoms with Gasteiger partial charge >= 0.3 is 0 Å². The standard InChI is InChI=1S/C18H18BrNO4/c1-12(15-5-3-4-6-16(15)19)20-18(22)11-24-17-8-7-14(23-2)9-13(17)10-21/h3-10,12H,11H2,1-2H3,(H,20,22)/t12-/m1/s1. The van der Waals surface area contributed by atoms with Gasteiger partial charge in [0.2, 0.25) is 0 Å². The number of halogens is 1. The lowest BCUT2D eigenvalue weighted by molar-refractivity contribution is -0.123. The molecule has 0 radical (unpaired) electrons. The fourth-order valence-electron chi connectivity index (χ4n) is 2.21. The number of nitrogens with one attached hydrogen (secondary N) is 1. The zero-order valence-corrected chi connectivity index (χ0v) is 15.0. The molecule has 0 aromatic heterocycles. The summed E-state index contributed by atoms with van der Waals surface area (Å²) in [7, 11) is 1.51. The highest BCUT2D eigenvalue weighted by atomic mass is 79.9. The van der Waals surface area contributed by atoms with Crippen LogP contribution in [0.5, 0.6) is 11.5 Å². The summed E-state index contributed by atoms with van der Waals surface area (Å²) in [4.78, 5) is 23.2. The van der Waals surface area contributed by atoms with E-state index in [2.05, 4.69) is 21.2 Å². The molecule has 0 aliphatic carbocycles. The Labute approximate surface area is 149 Å². The third kappa shape index (κ3) is 4.58. The molecule has 0 saturated carbocycles. The van der Waals surface area contributed by atoms with Gasteiger partial charge < -0.3 is 14.8 Å². The minimum absolute atomic E-state index is 0.168. The molecule has 0 saturated heterocycles. The van der Waals surface area contributed by atoms with E-state index in [0.717, 1.165) is 10.0 Å². The lowest BCUT2D eigenvalue weighted by Crippen LogP contribution is -2.31. The first-order valence-electron chi connectivity index (χ1n) is 7.35. The predicted molar refractivity (Wildman–Crippen MR) is 94.6 cm³/mol. The maximum atomic E-state index is 12.1. The number of hydrogen-bond acceptors (Lipinski definition) is 4. The smallest absolute Gasteiger partial charge is 0.258 e. The first-order valence-corrected chi connectivity index (χ1v) is 8.14. The number of benzene rings is 2. The van der Waals surface area contributed by atoms with Crippen molar-refractivity contribution in [2.45, 2.75) is 13.0 Å². The van der Waals surface area contributed by atoms with E-state index in [-0.39, 0.29) is 18.6 Å². The van der Waals surface area contributed by atoms with E-state index >= 15 is 0 Å². The predicted octanol–water partition coefficient (Wildman–Crippen LogP) is 3.53. The SMILES string of the molecule is COc1ccc(OCC(=O)N[C@H](C)c2ccccc2Br)c(C=O)c1. The second kappa shape index (κ2) is 8.49. The van der Waals surface area contributed by atoms with Crippen LogP contribution in [0, 0.1) is 0 Å². The molecule has 0 unspecified atom stereocenters. The van der Waals surface area contributed by atoms with Gasteiger partial charge in [0.05, 0.1) is 18.7 Å². The fourth-order valence-corrected chi connectivity index (χ4v) is 2.84. The molecular formula is C18H18BrNO4. The summed E-state index contributed by atoms with van der Waals surface area (Å²) in [5.74, 6) is 0.622. The second-order valence-corrected chi connectivity index (χ2v) is 5.98. The van der Waals surface area contributed by atoms with Crippen molar-refractivity contribution >= 4 is 28.1 Å². The zero-order valence-electron chi connectivity index (χ0n) is 13.4. The largest absolute Gasteiger partial charge is 0.497 e. The Morgan fingerprint density at radius 2 is 2.04 bits per heavy atom. The molecule has 1 atom stereocenters. The molecule has 5 nitrogen and oxygen atoms in total. The molecule has 0 bridgehead atoms. The second-order valence-electron chi connectivity index (χ2n) is 5.12. The summed E-state index contributed by atoms with van der Waals surface area (Å²) in [5.41, 5.74) is 1.31. The van der Waals surface area contributed by atoms with E-state index in [1.807, 2.05) is 31.2 Å². The summed E-state index contributed by atoms with van der Waals surface area (Å²) >= 11 is 3.46. The average molecular weight is 392 g/mol. The van der Waals surface area contributed by atoms with Gasteiger partial charge in [-0.2, -0.15) is 0 Å². The average Bonchev–Trinajstić information content (AvgIpc) is 2.60. The van der Waals surface area contributed by atoms with Crippen LogP contribution in [-0.2, 0) is 4.79 Å². The molecule has 6 heteroatoms. The van der Waals surface area contributed by atoms with Gasteiger partial charge in [0.1, 0.15) is 11.5 Å². The van der Waals surface area contributed by atoms with Crippen LogP contribution in [-0.4, -0.2) is 25.9 Å². The van der Waals surface area contributed by atoms with Crippen LogP contribution < -0.4 is 14.8 Å². The Bertz CT molecular complexity index is 733. The van der Waals surface area contributed by atoms with Crippen LogP contribution in [0.2, 0.25) is 0 Å². The first kappa shape index (κ1) is 18.0. The Hall–Kier alpha value is -2.34. The summed E-state index contributed by atoms with van der Waals surface area (Å²) in [6, 6.07) is 12.3. The lowest BCUT2D eigenvalue weighted by Gasteiger charge is -2.16. The summed E-state index contributed by atoms with van der Waals surface area (Å²) < 4.78 is 11.4. The molecule has 0 aliphatic heterocycles. The number of aldehydes is 1. The number of ether oxygens (including phenoxy) is 2. The van der Waals surface area contributed by atoms with Gasteiger partial charge in [0.25, 0.3) is 5.91 Å². The van der Waals surface area contributed by atoms with E-state index in [1.54, 1.807) is 18.2 Å². The van der Waals surface area contributed by atoms with Crippen LogP contribution in [0.25, 0.3) is 0 Å². The molecule has 126 valence electrons. The van der Waals surface area contributed by atoms with Crippen LogP contribution >= 0.6 is 15.9 Å². The van der Waals surface area contributed by atoms with Crippen molar-refractivity contribution in [2.75, 3.05) is 13.7 Å². The third-order valence-corrected chi connectivity index (χ3v) is 4.17. The number of carbonyl (C=O) groups is 2. The highest BCUT2D eigenvalue weighted by molar-refractivity contribution is 9.10. The van der Waals surface area contributed by atoms with Crippen LogP contribution in [0.3, 0.4) is 0 Å². The minimum Gasteiger partial charge on any atom is -0.497 e. The van der Waals surface area contributed by atoms with Crippen molar-refractivity contribution in [3.63, 3.8) is 0 Å². The lowest BCUT2D eigenvalue weighted by atomic mass is 10.1. The van der Waals surface area contributed by atoms with E-state index in [1.165, 1.54) is 7.11 Å². The van der Waals surface area contributed by atoms with Gasteiger partial charge in [-0.15, -0.1) is 0 Å². The van der Waals surface area contributed by atoms with E-state index in [0.29, 0.717) is 23.3 Å². The molecule has 24 heavy (non-hydrogen) atoms. The minimum atomic E-state index is -0.272. The molecule has 1 N–H and O–H groups in total. The van der Waals surface area contributed by atoms with Crippen molar-refractivity contribution in [3.05, 3.63) is 58.1 Å². The molecule has 2 rings (SSSR count). The molecular weight excluding hydrogens is 374 g/mol. The number of hydrogen-bond donors (Lipinski definition) is 1. The normalized spacial score (nSPS) is 11.5. The fraction of sp³-hybridized carbons (Fsp3) is 0.222. The first-order chi connectivity index (χ1) is 11.5. The Balaban J connectivity index is 1.96. The molecule has 0 fully saturated rings. The highest BCUT2D eigenvalue weighted by Crippen LogP contribution is 2.24. The zero-order chi connectivity index (χ0) is 17.5. The third-order valence-electron chi connectivity index (χ3n) is 3.45. The van der Waals surface area contributed by atoms with Gasteiger partial charge in [-0.1, -0.05) is 34.1 Å².